The molecule has 0 spiro atoms. The number of carbonyl (C=O) groups is 2. The highest BCUT2D eigenvalue weighted by Gasteiger charge is 2.24. The maximum atomic E-state index is 11.6. The summed E-state index contributed by atoms with van der Waals surface area (Å²) in [6.45, 7) is 6.61. The number of hydrogen-bond acceptors (Lipinski definition) is 2. The minimum atomic E-state index is -0.965. The summed E-state index contributed by atoms with van der Waals surface area (Å²) in [5, 5.41) is 11.6. The van der Waals surface area contributed by atoms with Crippen LogP contribution in [-0.4, -0.2) is 41.6 Å². The molecule has 0 saturated heterocycles. The molecule has 0 heterocycles. The lowest BCUT2D eigenvalue weighted by Crippen LogP contribution is -2.47. The Kier molecular flexibility index (Phi) is 7.34. The van der Waals surface area contributed by atoms with Crippen LogP contribution in [0.4, 0.5) is 4.79 Å². The topological polar surface area (TPSA) is 69.6 Å². The first kappa shape index (κ1) is 15.7. The summed E-state index contributed by atoms with van der Waals surface area (Å²) in [7, 11) is 1.51. The fraction of sp³-hybridized carbons (Fsp3) is 0.833. The highest BCUT2D eigenvalue weighted by atomic mass is 16.4. The summed E-state index contributed by atoms with van der Waals surface area (Å²) >= 11 is 0. The normalized spacial score (nSPS) is 12.3. The zero-order valence-electron chi connectivity index (χ0n) is 11.2. The van der Waals surface area contributed by atoms with E-state index < -0.39 is 12.0 Å². The highest BCUT2D eigenvalue weighted by Crippen LogP contribution is 2.04. The SMILES string of the molecule is CCC(C(=O)O)N(C)C(=O)NCCCC(C)C. The fourth-order valence-electron chi connectivity index (χ4n) is 1.59. The van der Waals surface area contributed by atoms with Gasteiger partial charge in [-0.15, -0.1) is 0 Å². The first-order chi connectivity index (χ1) is 7.90. The molecule has 0 aromatic rings. The van der Waals surface area contributed by atoms with Crippen LogP contribution in [0.1, 0.15) is 40.0 Å². The van der Waals surface area contributed by atoms with E-state index in [-0.39, 0.29) is 6.03 Å². The zero-order chi connectivity index (χ0) is 13.4. The Morgan fingerprint density at radius 1 is 1.35 bits per heavy atom. The highest BCUT2D eigenvalue weighted by molar-refractivity contribution is 5.82. The number of rotatable bonds is 7. The molecular weight excluding hydrogens is 220 g/mol. The Morgan fingerprint density at radius 2 is 1.94 bits per heavy atom. The third-order valence-corrected chi connectivity index (χ3v) is 2.69. The molecule has 0 aliphatic rings. The molecule has 0 fully saturated rings. The van der Waals surface area contributed by atoms with Crippen molar-refractivity contribution in [3.8, 4) is 0 Å². The quantitative estimate of drug-likeness (QED) is 0.672. The van der Waals surface area contributed by atoms with Crippen LogP contribution in [0, 0.1) is 5.92 Å². The first-order valence-corrected chi connectivity index (χ1v) is 6.13. The average Bonchev–Trinajstić information content (AvgIpc) is 2.24. The van der Waals surface area contributed by atoms with Crippen molar-refractivity contribution in [2.24, 2.45) is 5.92 Å². The lowest BCUT2D eigenvalue weighted by molar-refractivity contribution is -0.141. The summed E-state index contributed by atoms with van der Waals surface area (Å²) in [4.78, 5) is 23.8. The van der Waals surface area contributed by atoms with E-state index in [9.17, 15) is 9.59 Å². The van der Waals surface area contributed by atoms with E-state index in [4.69, 9.17) is 5.11 Å². The van der Waals surface area contributed by atoms with Crippen LogP contribution in [0.15, 0.2) is 0 Å². The molecule has 0 bridgehead atoms. The largest absolute Gasteiger partial charge is 0.480 e. The summed E-state index contributed by atoms with van der Waals surface area (Å²) in [6.07, 6.45) is 2.38. The number of aliphatic carboxylic acids is 1. The van der Waals surface area contributed by atoms with E-state index in [1.807, 2.05) is 0 Å². The molecule has 0 aromatic carbocycles. The number of urea groups is 1. The predicted octanol–water partition coefficient (Wildman–Crippen LogP) is 1.93. The van der Waals surface area contributed by atoms with Crippen LogP contribution in [0.3, 0.4) is 0 Å². The van der Waals surface area contributed by atoms with E-state index in [0.717, 1.165) is 12.8 Å². The van der Waals surface area contributed by atoms with Gasteiger partial charge in [0.05, 0.1) is 0 Å². The van der Waals surface area contributed by atoms with Crippen molar-refractivity contribution in [1.82, 2.24) is 10.2 Å². The lowest BCUT2D eigenvalue weighted by atomic mass is 10.1. The summed E-state index contributed by atoms with van der Waals surface area (Å²) in [6, 6.07) is -1.07. The van der Waals surface area contributed by atoms with Gasteiger partial charge in [0.15, 0.2) is 0 Å². The van der Waals surface area contributed by atoms with Gasteiger partial charge < -0.3 is 15.3 Å². The van der Waals surface area contributed by atoms with Crippen LogP contribution in [-0.2, 0) is 4.79 Å². The van der Waals surface area contributed by atoms with Crippen LogP contribution >= 0.6 is 0 Å². The fourth-order valence-corrected chi connectivity index (χ4v) is 1.59. The van der Waals surface area contributed by atoms with Crippen molar-refractivity contribution in [3.63, 3.8) is 0 Å². The molecule has 2 amide bonds. The number of nitrogens with zero attached hydrogens (tertiary/aromatic N) is 1. The smallest absolute Gasteiger partial charge is 0.326 e. The minimum absolute atomic E-state index is 0.317. The predicted molar refractivity (Wildman–Crippen MR) is 66.9 cm³/mol. The van der Waals surface area contributed by atoms with Crippen molar-refractivity contribution < 1.29 is 14.7 Å². The maximum Gasteiger partial charge on any atom is 0.326 e. The molecule has 1 unspecified atom stereocenters. The Labute approximate surface area is 103 Å². The van der Waals surface area contributed by atoms with Gasteiger partial charge in [-0.05, 0) is 25.2 Å². The molecular formula is C12H24N2O3. The minimum Gasteiger partial charge on any atom is -0.480 e. The van der Waals surface area contributed by atoms with Gasteiger partial charge in [0.1, 0.15) is 6.04 Å². The van der Waals surface area contributed by atoms with Gasteiger partial charge in [0, 0.05) is 13.6 Å². The zero-order valence-corrected chi connectivity index (χ0v) is 11.2. The number of carbonyl (C=O) groups excluding carboxylic acids is 1. The third kappa shape index (κ3) is 6.14. The molecule has 2 N–H and O–H groups in total. The van der Waals surface area contributed by atoms with Crippen molar-refractivity contribution in [3.05, 3.63) is 0 Å². The van der Waals surface area contributed by atoms with Crippen molar-refractivity contribution in [2.45, 2.75) is 46.1 Å². The summed E-state index contributed by atoms with van der Waals surface area (Å²) in [5.41, 5.74) is 0. The Bertz CT molecular complexity index is 254. The monoisotopic (exact) mass is 244 g/mol. The van der Waals surface area contributed by atoms with Gasteiger partial charge in [-0.2, -0.15) is 0 Å². The third-order valence-electron chi connectivity index (χ3n) is 2.69. The van der Waals surface area contributed by atoms with Gasteiger partial charge in [0.25, 0.3) is 0 Å². The van der Waals surface area contributed by atoms with Gasteiger partial charge >= 0.3 is 12.0 Å². The standard InChI is InChI=1S/C12H24N2O3/c1-5-10(11(15)16)14(4)12(17)13-8-6-7-9(2)3/h9-10H,5-8H2,1-4H3,(H,13,17)(H,15,16). The van der Waals surface area contributed by atoms with Gasteiger partial charge in [-0.3, -0.25) is 0 Å². The molecule has 0 radical (unpaired) electrons. The molecule has 0 aliphatic carbocycles. The molecule has 1 atom stereocenters. The molecule has 0 aliphatic heterocycles. The second-order valence-corrected chi connectivity index (χ2v) is 4.64. The van der Waals surface area contributed by atoms with Gasteiger partial charge in [-0.25, -0.2) is 9.59 Å². The Balaban J connectivity index is 4.00. The molecule has 0 saturated carbocycles. The number of hydrogen-bond donors (Lipinski definition) is 2. The van der Waals surface area contributed by atoms with Crippen LogP contribution in [0.5, 0.6) is 0 Å². The maximum absolute atomic E-state index is 11.6. The second-order valence-electron chi connectivity index (χ2n) is 4.64. The molecule has 5 nitrogen and oxygen atoms in total. The molecule has 5 heteroatoms. The van der Waals surface area contributed by atoms with E-state index in [2.05, 4.69) is 19.2 Å². The second kappa shape index (κ2) is 7.92. The van der Waals surface area contributed by atoms with Crippen molar-refractivity contribution >= 4 is 12.0 Å². The van der Waals surface area contributed by atoms with E-state index in [1.54, 1.807) is 6.92 Å². The van der Waals surface area contributed by atoms with Crippen molar-refractivity contribution in [2.75, 3.05) is 13.6 Å². The number of amides is 2. The average molecular weight is 244 g/mol. The van der Waals surface area contributed by atoms with E-state index in [0.29, 0.717) is 18.9 Å². The van der Waals surface area contributed by atoms with E-state index >= 15 is 0 Å². The lowest BCUT2D eigenvalue weighted by Gasteiger charge is -2.24. The van der Waals surface area contributed by atoms with Gasteiger partial charge in [0.2, 0.25) is 0 Å². The molecule has 0 rings (SSSR count). The van der Waals surface area contributed by atoms with Crippen LogP contribution in [0.2, 0.25) is 0 Å². The van der Waals surface area contributed by atoms with Crippen molar-refractivity contribution in [1.29, 1.82) is 0 Å². The van der Waals surface area contributed by atoms with Crippen LogP contribution < -0.4 is 5.32 Å². The number of carboxylic acid groups (broad SMARTS) is 1. The first-order valence-electron chi connectivity index (χ1n) is 6.13. The van der Waals surface area contributed by atoms with Gasteiger partial charge in [-0.1, -0.05) is 20.8 Å². The number of nitrogens with one attached hydrogen (secondary N) is 1. The van der Waals surface area contributed by atoms with Crippen LogP contribution in [0.25, 0.3) is 0 Å². The molecule has 100 valence electrons. The molecule has 17 heavy (non-hydrogen) atoms. The molecule has 0 aromatic heterocycles. The summed E-state index contributed by atoms with van der Waals surface area (Å²) < 4.78 is 0. The Morgan fingerprint density at radius 3 is 2.35 bits per heavy atom. The number of likely N-dealkylation sites (N-methyl/N-ethyl adjacent to an activating group) is 1. The Hall–Kier alpha value is -1.26. The number of carboxylic acids is 1. The van der Waals surface area contributed by atoms with E-state index in [1.165, 1.54) is 11.9 Å². The summed E-state index contributed by atoms with van der Waals surface area (Å²) in [5.74, 6) is -0.348.